The lowest BCUT2D eigenvalue weighted by molar-refractivity contribution is 0.102. The number of carbonyl (C=O) groups is 1. The van der Waals surface area contributed by atoms with Gasteiger partial charge >= 0.3 is 0 Å². The van der Waals surface area contributed by atoms with Crippen LogP contribution in [0.5, 0.6) is 0 Å². The molecule has 0 fully saturated rings. The molecule has 21 heavy (non-hydrogen) atoms. The van der Waals surface area contributed by atoms with Crippen molar-refractivity contribution in [3.05, 3.63) is 63.1 Å². The van der Waals surface area contributed by atoms with Gasteiger partial charge in [0.05, 0.1) is 5.56 Å². The van der Waals surface area contributed by atoms with Gasteiger partial charge in [-0.1, -0.05) is 23.7 Å². The lowest BCUT2D eigenvalue weighted by atomic mass is 10.1. The fourth-order valence-corrected chi connectivity index (χ4v) is 2.85. The molecule has 0 aliphatic carbocycles. The van der Waals surface area contributed by atoms with E-state index in [1.165, 1.54) is 0 Å². The van der Waals surface area contributed by atoms with E-state index >= 15 is 0 Å². The van der Waals surface area contributed by atoms with Gasteiger partial charge in [-0.15, -0.1) is 0 Å². The van der Waals surface area contributed by atoms with Crippen molar-refractivity contribution in [1.82, 2.24) is 4.90 Å². The third kappa shape index (κ3) is 4.56. The molecule has 0 heterocycles. The Morgan fingerprint density at radius 3 is 2.67 bits per heavy atom. The molecule has 5 heteroatoms. The first-order valence-corrected chi connectivity index (χ1v) is 7.63. The fourth-order valence-electron chi connectivity index (χ4n) is 1.98. The summed E-state index contributed by atoms with van der Waals surface area (Å²) in [6, 6.07) is 12.9. The predicted molar refractivity (Wildman–Crippen MR) is 90.9 cm³/mol. The molecule has 0 bridgehead atoms. The summed E-state index contributed by atoms with van der Waals surface area (Å²) < 4.78 is 0.678. The molecule has 0 saturated heterocycles. The number of anilines is 1. The van der Waals surface area contributed by atoms with Crippen LogP contribution < -0.4 is 5.32 Å². The van der Waals surface area contributed by atoms with Crippen LogP contribution in [0.15, 0.2) is 46.9 Å². The van der Waals surface area contributed by atoms with Crippen LogP contribution in [0.25, 0.3) is 0 Å². The van der Waals surface area contributed by atoms with Crippen molar-refractivity contribution >= 4 is 39.1 Å². The number of carbonyl (C=O) groups excluding carboxylic acids is 1. The van der Waals surface area contributed by atoms with Gasteiger partial charge < -0.3 is 10.2 Å². The van der Waals surface area contributed by atoms with Gasteiger partial charge in [0.2, 0.25) is 0 Å². The smallest absolute Gasteiger partial charge is 0.256 e. The molecule has 0 spiro atoms. The van der Waals surface area contributed by atoms with Crippen molar-refractivity contribution in [2.75, 3.05) is 19.4 Å². The molecule has 2 aromatic rings. The zero-order valence-electron chi connectivity index (χ0n) is 11.9. The van der Waals surface area contributed by atoms with Gasteiger partial charge in [-0.2, -0.15) is 0 Å². The Hall–Kier alpha value is -1.36. The number of rotatable bonds is 4. The van der Waals surface area contributed by atoms with Crippen molar-refractivity contribution in [3.63, 3.8) is 0 Å². The highest BCUT2D eigenvalue weighted by molar-refractivity contribution is 9.10. The second-order valence-electron chi connectivity index (χ2n) is 5.02. The van der Waals surface area contributed by atoms with E-state index in [4.69, 9.17) is 11.6 Å². The van der Waals surface area contributed by atoms with Crippen molar-refractivity contribution in [2.24, 2.45) is 0 Å². The summed E-state index contributed by atoms with van der Waals surface area (Å²) in [6.07, 6.45) is 0. The normalized spacial score (nSPS) is 10.7. The SMILES string of the molecule is CN(C)Cc1cccc(NC(=O)c2ccc(Cl)cc2Br)c1. The predicted octanol–water partition coefficient (Wildman–Crippen LogP) is 4.42. The van der Waals surface area contributed by atoms with Crippen LogP contribution in [0.4, 0.5) is 5.69 Å². The fraction of sp³-hybridized carbons (Fsp3) is 0.188. The number of hydrogen-bond acceptors (Lipinski definition) is 2. The molecule has 0 unspecified atom stereocenters. The summed E-state index contributed by atoms with van der Waals surface area (Å²) in [5.41, 5.74) is 2.48. The first-order chi connectivity index (χ1) is 9.95. The van der Waals surface area contributed by atoms with E-state index in [2.05, 4.69) is 26.1 Å². The Balaban J connectivity index is 2.15. The molecule has 0 aliphatic heterocycles. The maximum absolute atomic E-state index is 12.3. The van der Waals surface area contributed by atoms with Gasteiger partial charge in [0, 0.05) is 21.7 Å². The van der Waals surface area contributed by atoms with E-state index in [0.717, 1.165) is 17.8 Å². The van der Waals surface area contributed by atoms with Gasteiger partial charge in [-0.25, -0.2) is 0 Å². The third-order valence-corrected chi connectivity index (χ3v) is 3.75. The van der Waals surface area contributed by atoms with Gasteiger partial charge in [-0.05, 0) is 65.9 Å². The van der Waals surface area contributed by atoms with Crippen LogP contribution >= 0.6 is 27.5 Å². The number of benzene rings is 2. The van der Waals surface area contributed by atoms with E-state index in [0.29, 0.717) is 15.1 Å². The molecule has 3 nitrogen and oxygen atoms in total. The molecule has 0 atom stereocenters. The molecule has 110 valence electrons. The lowest BCUT2D eigenvalue weighted by Crippen LogP contribution is -2.14. The van der Waals surface area contributed by atoms with E-state index in [1.54, 1.807) is 18.2 Å². The van der Waals surface area contributed by atoms with Crippen molar-refractivity contribution in [1.29, 1.82) is 0 Å². The quantitative estimate of drug-likeness (QED) is 0.868. The van der Waals surface area contributed by atoms with Crippen LogP contribution in [0, 0.1) is 0 Å². The zero-order chi connectivity index (χ0) is 15.4. The van der Waals surface area contributed by atoms with Crippen LogP contribution in [0.2, 0.25) is 5.02 Å². The second-order valence-corrected chi connectivity index (χ2v) is 6.31. The standard InChI is InChI=1S/C16H16BrClN2O/c1-20(2)10-11-4-3-5-13(8-11)19-16(21)14-7-6-12(18)9-15(14)17/h3-9H,10H2,1-2H3,(H,19,21). The topological polar surface area (TPSA) is 32.3 Å². The molecule has 0 saturated carbocycles. The van der Waals surface area contributed by atoms with Crippen LogP contribution in [0.3, 0.4) is 0 Å². The maximum Gasteiger partial charge on any atom is 0.256 e. The minimum atomic E-state index is -0.166. The average molecular weight is 368 g/mol. The number of halogens is 2. The summed E-state index contributed by atoms with van der Waals surface area (Å²) >= 11 is 9.24. The van der Waals surface area contributed by atoms with Gasteiger partial charge in [0.1, 0.15) is 0 Å². The van der Waals surface area contributed by atoms with E-state index in [-0.39, 0.29) is 5.91 Å². The van der Waals surface area contributed by atoms with Crippen molar-refractivity contribution < 1.29 is 4.79 Å². The largest absolute Gasteiger partial charge is 0.322 e. The summed E-state index contributed by atoms with van der Waals surface area (Å²) in [6.45, 7) is 0.828. The number of hydrogen-bond donors (Lipinski definition) is 1. The molecule has 2 aromatic carbocycles. The highest BCUT2D eigenvalue weighted by Gasteiger charge is 2.11. The van der Waals surface area contributed by atoms with Gasteiger partial charge in [0.25, 0.3) is 5.91 Å². The number of amides is 1. The zero-order valence-corrected chi connectivity index (χ0v) is 14.2. The van der Waals surface area contributed by atoms with Crippen molar-refractivity contribution in [2.45, 2.75) is 6.54 Å². The molecule has 0 radical (unpaired) electrons. The summed E-state index contributed by atoms with van der Waals surface area (Å²) in [4.78, 5) is 14.4. The Bertz CT molecular complexity index is 658. The first-order valence-electron chi connectivity index (χ1n) is 6.46. The lowest BCUT2D eigenvalue weighted by Gasteiger charge is -2.12. The Kier molecular flexibility index (Phi) is 5.39. The van der Waals surface area contributed by atoms with Crippen LogP contribution in [0.1, 0.15) is 15.9 Å². The first kappa shape index (κ1) is 16.0. The molecule has 2 rings (SSSR count). The summed E-state index contributed by atoms with van der Waals surface area (Å²) in [5, 5.41) is 3.49. The maximum atomic E-state index is 12.3. The Morgan fingerprint density at radius 2 is 2.00 bits per heavy atom. The number of nitrogens with zero attached hydrogens (tertiary/aromatic N) is 1. The Morgan fingerprint density at radius 1 is 1.24 bits per heavy atom. The summed E-state index contributed by atoms with van der Waals surface area (Å²) in [5.74, 6) is -0.166. The molecular formula is C16H16BrClN2O. The molecule has 1 N–H and O–H groups in total. The van der Waals surface area contributed by atoms with E-state index in [9.17, 15) is 4.79 Å². The van der Waals surface area contributed by atoms with Crippen molar-refractivity contribution in [3.8, 4) is 0 Å². The average Bonchev–Trinajstić information content (AvgIpc) is 2.37. The van der Waals surface area contributed by atoms with E-state index in [1.807, 2.05) is 38.4 Å². The minimum absolute atomic E-state index is 0.166. The monoisotopic (exact) mass is 366 g/mol. The van der Waals surface area contributed by atoms with Gasteiger partial charge in [-0.3, -0.25) is 4.79 Å². The Labute approximate surface area is 138 Å². The molecule has 1 amide bonds. The number of nitrogens with one attached hydrogen (secondary N) is 1. The minimum Gasteiger partial charge on any atom is -0.322 e. The van der Waals surface area contributed by atoms with E-state index < -0.39 is 0 Å². The van der Waals surface area contributed by atoms with Crippen LogP contribution in [-0.4, -0.2) is 24.9 Å². The molecule has 0 aromatic heterocycles. The van der Waals surface area contributed by atoms with Crippen LogP contribution in [-0.2, 0) is 6.54 Å². The highest BCUT2D eigenvalue weighted by atomic mass is 79.9. The van der Waals surface area contributed by atoms with Gasteiger partial charge in [0.15, 0.2) is 0 Å². The highest BCUT2D eigenvalue weighted by Crippen LogP contribution is 2.23. The summed E-state index contributed by atoms with van der Waals surface area (Å²) in [7, 11) is 4.02. The molecule has 0 aliphatic rings. The third-order valence-electron chi connectivity index (χ3n) is 2.86. The second kappa shape index (κ2) is 7.07. The molecular weight excluding hydrogens is 352 g/mol.